The minimum atomic E-state index is -4.13. The second-order valence-electron chi connectivity index (χ2n) is 5.08. The van der Waals surface area contributed by atoms with E-state index in [9.17, 15) is 17.6 Å². The summed E-state index contributed by atoms with van der Waals surface area (Å²) in [4.78, 5) is 0. The van der Waals surface area contributed by atoms with Gasteiger partial charge in [-0.2, -0.15) is 13.2 Å². The van der Waals surface area contributed by atoms with Crippen molar-refractivity contribution >= 4 is 0 Å². The molecule has 1 nitrogen and oxygen atoms in total. The van der Waals surface area contributed by atoms with E-state index in [1.807, 2.05) is 13.0 Å². The summed E-state index contributed by atoms with van der Waals surface area (Å²) in [6, 6.07) is 4.40. The highest BCUT2D eigenvalue weighted by Gasteiger charge is 2.27. The number of hydrogen-bond donors (Lipinski definition) is 1. The molecular weight excluding hydrogens is 270 g/mol. The van der Waals surface area contributed by atoms with Gasteiger partial charge in [0.2, 0.25) is 0 Å². The van der Waals surface area contributed by atoms with E-state index in [4.69, 9.17) is 0 Å². The van der Waals surface area contributed by atoms with Crippen LogP contribution in [-0.2, 0) is 0 Å². The molecule has 0 aromatic heterocycles. The Kier molecular flexibility index (Phi) is 6.46. The van der Waals surface area contributed by atoms with Crippen LogP contribution in [0.5, 0.6) is 0 Å². The molecule has 0 heterocycles. The fourth-order valence-corrected chi connectivity index (χ4v) is 2.18. The topological polar surface area (TPSA) is 12.0 Å². The summed E-state index contributed by atoms with van der Waals surface area (Å²) in [7, 11) is 0. The monoisotopic (exact) mass is 291 g/mol. The Balaban J connectivity index is 2.72. The van der Waals surface area contributed by atoms with E-state index in [0.29, 0.717) is 13.0 Å². The standard InChI is InChI=1S/C15H21F4N/c1-3-7-20-14(5-4-6-15(17,18)19)12-8-11(2)9-13(16)10-12/h8-10,14,20H,3-7H2,1-2H3. The summed E-state index contributed by atoms with van der Waals surface area (Å²) in [6.45, 7) is 4.46. The van der Waals surface area contributed by atoms with E-state index in [2.05, 4.69) is 5.32 Å². The molecule has 1 rings (SSSR count). The van der Waals surface area contributed by atoms with Crippen LogP contribution in [0, 0.1) is 12.7 Å². The van der Waals surface area contributed by atoms with Gasteiger partial charge in [-0.05, 0) is 56.0 Å². The largest absolute Gasteiger partial charge is 0.389 e. The molecule has 0 aliphatic carbocycles. The molecule has 0 saturated heterocycles. The Labute approximate surface area is 117 Å². The molecule has 5 heteroatoms. The molecule has 1 atom stereocenters. The van der Waals surface area contributed by atoms with Gasteiger partial charge in [0.05, 0.1) is 0 Å². The molecule has 0 radical (unpaired) electrons. The van der Waals surface area contributed by atoms with Gasteiger partial charge in [-0.25, -0.2) is 4.39 Å². The zero-order chi connectivity index (χ0) is 15.2. The van der Waals surface area contributed by atoms with Crippen LogP contribution in [0.2, 0.25) is 0 Å². The van der Waals surface area contributed by atoms with Crippen molar-refractivity contribution in [2.24, 2.45) is 0 Å². The van der Waals surface area contributed by atoms with Crippen LogP contribution >= 0.6 is 0 Å². The van der Waals surface area contributed by atoms with Gasteiger partial charge in [0, 0.05) is 12.5 Å². The fraction of sp³-hybridized carbons (Fsp3) is 0.600. The predicted molar refractivity (Wildman–Crippen MR) is 72.1 cm³/mol. The molecule has 1 aromatic carbocycles. The van der Waals surface area contributed by atoms with Crippen LogP contribution in [0.1, 0.15) is 49.8 Å². The lowest BCUT2D eigenvalue weighted by molar-refractivity contribution is -0.135. The second kappa shape index (κ2) is 7.62. The maximum atomic E-state index is 13.4. The summed E-state index contributed by atoms with van der Waals surface area (Å²) in [5.74, 6) is -0.348. The van der Waals surface area contributed by atoms with E-state index >= 15 is 0 Å². The molecule has 0 amide bonds. The molecule has 0 saturated carbocycles. The third-order valence-electron chi connectivity index (χ3n) is 3.06. The lowest BCUT2D eigenvalue weighted by Gasteiger charge is -2.20. The highest BCUT2D eigenvalue weighted by atomic mass is 19.4. The zero-order valence-electron chi connectivity index (χ0n) is 11.9. The molecule has 1 N–H and O–H groups in total. The first-order chi connectivity index (χ1) is 9.31. The normalized spacial score (nSPS) is 13.5. The van der Waals surface area contributed by atoms with Crippen LogP contribution in [0.15, 0.2) is 18.2 Å². The number of hydrogen-bond acceptors (Lipinski definition) is 1. The summed E-state index contributed by atoms with van der Waals surface area (Å²) in [5.41, 5.74) is 1.50. The molecule has 0 aliphatic rings. The van der Waals surface area contributed by atoms with E-state index in [0.717, 1.165) is 17.5 Å². The van der Waals surface area contributed by atoms with Gasteiger partial charge >= 0.3 is 6.18 Å². The van der Waals surface area contributed by atoms with Crippen molar-refractivity contribution in [2.75, 3.05) is 6.54 Å². The second-order valence-corrected chi connectivity index (χ2v) is 5.08. The first-order valence-electron chi connectivity index (χ1n) is 6.89. The number of aryl methyl sites for hydroxylation is 1. The number of nitrogens with one attached hydrogen (secondary N) is 1. The molecule has 114 valence electrons. The van der Waals surface area contributed by atoms with Crippen LogP contribution in [0.4, 0.5) is 17.6 Å². The minimum absolute atomic E-state index is 0.0421. The lowest BCUT2D eigenvalue weighted by Crippen LogP contribution is -2.23. The van der Waals surface area contributed by atoms with Crippen molar-refractivity contribution < 1.29 is 17.6 Å². The van der Waals surface area contributed by atoms with Gasteiger partial charge in [-0.1, -0.05) is 13.0 Å². The van der Waals surface area contributed by atoms with Crippen LogP contribution in [-0.4, -0.2) is 12.7 Å². The van der Waals surface area contributed by atoms with Crippen molar-refractivity contribution in [3.8, 4) is 0 Å². The van der Waals surface area contributed by atoms with Crippen LogP contribution < -0.4 is 5.32 Å². The SMILES string of the molecule is CCCNC(CCCC(F)(F)F)c1cc(C)cc(F)c1. The fourth-order valence-electron chi connectivity index (χ4n) is 2.18. The Morgan fingerprint density at radius 1 is 1.20 bits per heavy atom. The van der Waals surface area contributed by atoms with Crippen molar-refractivity contribution in [1.82, 2.24) is 5.32 Å². The minimum Gasteiger partial charge on any atom is -0.310 e. The maximum Gasteiger partial charge on any atom is 0.389 e. The Bertz CT molecular complexity index is 395. The van der Waals surface area contributed by atoms with Crippen molar-refractivity contribution in [1.29, 1.82) is 0 Å². The van der Waals surface area contributed by atoms with Gasteiger partial charge in [-0.3, -0.25) is 0 Å². The quantitative estimate of drug-likeness (QED) is 0.704. The smallest absolute Gasteiger partial charge is 0.310 e. The molecule has 0 aliphatic heterocycles. The Morgan fingerprint density at radius 3 is 2.45 bits per heavy atom. The van der Waals surface area contributed by atoms with Crippen LogP contribution in [0.25, 0.3) is 0 Å². The number of rotatable bonds is 7. The molecule has 0 bridgehead atoms. The maximum absolute atomic E-state index is 13.4. The summed E-state index contributed by atoms with van der Waals surface area (Å²) >= 11 is 0. The molecule has 1 unspecified atom stereocenters. The van der Waals surface area contributed by atoms with Crippen molar-refractivity contribution in [3.63, 3.8) is 0 Å². The molecule has 0 spiro atoms. The van der Waals surface area contributed by atoms with Gasteiger partial charge in [0.1, 0.15) is 5.82 Å². The van der Waals surface area contributed by atoms with Gasteiger partial charge in [-0.15, -0.1) is 0 Å². The average Bonchev–Trinajstić information content (AvgIpc) is 2.30. The Hall–Kier alpha value is -1.10. The summed E-state index contributed by atoms with van der Waals surface area (Å²) < 4.78 is 50.0. The molecule has 1 aromatic rings. The van der Waals surface area contributed by atoms with Gasteiger partial charge < -0.3 is 5.32 Å². The van der Waals surface area contributed by atoms with E-state index in [1.165, 1.54) is 12.1 Å². The lowest BCUT2D eigenvalue weighted by atomic mass is 9.99. The summed E-state index contributed by atoms with van der Waals surface area (Å²) in [5, 5.41) is 3.19. The molecular formula is C15H21F4N. The first-order valence-corrected chi connectivity index (χ1v) is 6.89. The van der Waals surface area contributed by atoms with E-state index < -0.39 is 12.6 Å². The number of benzene rings is 1. The van der Waals surface area contributed by atoms with E-state index in [1.54, 1.807) is 6.92 Å². The third-order valence-corrected chi connectivity index (χ3v) is 3.06. The highest BCUT2D eigenvalue weighted by molar-refractivity contribution is 5.26. The summed E-state index contributed by atoms with van der Waals surface area (Å²) in [6.07, 6.45) is -3.66. The highest BCUT2D eigenvalue weighted by Crippen LogP contribution is 2.27. The molecule has 0 fully saturated rings. The average molecular weight is 291 g/mol. The van der Waals surface area contributed by atoms with Crippen molar-refractivity contribution in [2.45, 2.75) is 51.7 Å². The number of alkyl halides is 3. The number of halogens is 4. The third kappa shape index (κ3) is 6.37. The van der Waals surface area contributed by atoms with Gasteiger partial charge in [0.15, 0.2) is 0 Å². The zero-order valence-corrected chi connectivity index (χ0v) is 11.9. The van der Waals surface area contributed by atoms with Crippen LogP contribution in [0.3, 0.4) is 0 Å². The molecule has 20 heavy (non-hydrogen) atoms. The first kappa shape index (κ1) is 17.0. The van der Waals surface area contributed by atoms with Gasteiger partial charge in [0.25, 0.3) is 0 Å². The Morgan fingerprint density at radius 2 is 1.90 bits per heavy atom. The van der Waals surface area contributed by atoms with Crippen molar-refractivity contribution in [3.05, 3.63) is 35.1 Å². The predicted octanol–water partition coefficient (Wildman–Crippen LogP) is 4.91. The van der Waals surface area contributed by atoms with E-state index in [-0.39, 0.29) is 18.3 Å².